The largest absolute Gasteiger partial charge is 0.336 e. The van der Waals surface area contributed by atoms with Crippen LogP contribution in [0.25, 0.3) is 0 Å². The quantitative estimate of drug-likeness (QED) is 0.880. The molecule has 1 N–H and O–H groups in total. The van der Waals surface area contributed by atoms with E-state index in [2.05, 4.69) is 40.8 Å². The number of rotatable bonds is 6. The minimum absolute atomic E-state index is 0.239. The van der Waals surface area contributed by atoms with Gasteiger partial charge in [-0.05, 0) is 43.5 Å². The lowest BCUT2D eigenvalue weighted by Crippen LogP contribution is -2.26. The Balaban J connectivity index is 2.21. The van der Waals surface area contributed by atoms with Crippen LogP contribution in [0.15, 0.2) is 30.7 Å². The van der Waals surface area contributed by atoms with E-state index < -0.39 is 0 Å². The second-order valence-corrected chi connectivity index (χ2v) is 5.64. The van der Waals surface area contributed by atoms with Gasteiger partial charge in [0.1, 0.15) is 0 Å². The number of nitrogens with one attached hydrogen (secondary N) is 1. The zero-order chi connectivity index (χ0) is 14.5. The van der Waals surface area contributed by atoms with Crippen LogP contribution >= 0.6 is 11.6 Å². The van der Waals surface area contributed by atoms with E-state index in [1.165, 1.54) is 16.8 Å². The fourth-order valence-corrected chi connectivity index (χ4v) is 2.65. The van der Waals surface area contributed by atoms with E-state index >= 15 is 0 Å². The van der Waals surface area contributed by atoms with Crippen molar-refractivity contribution in [3.05, 3.63) is 52.6 Å². The van der Waals surface area contributed by atoms with Gasteiger partial charge in [0, 0.05) is 18.3 Å². The number of aromatic nitrogens is 2. The van der Waals surface area contributed by atoms with Gasteiger partial charge in [-0.3, -0.25) is 0 Å². The van der Waals surface area contributed by atoms with E-state index in [0.717, 1.165) is 24.4 Å². The predicted molar refractivity (Wildman–Crippen MR) is 84.1 cm³/mol. The highest BCUT2D eigenvalue weighted by Gasteiger charge is 2.16. The van der Waals surface area contributed by atoms with Crippen molar-refractivity contribution in [2.75, 3.05) is 6.54 Å². The van der Waals surface area contributed by atoms with E-state index in [-0.39, 0.29) is 6.04 Å². The number of aryl methyl sites for hydroxylation is 2. The predicted octanol–water partition coefficient (Wildman–Crippen LogP) is 3.67. The van der Waals surface area contributed by atoms with Crippen molar-refractivity contribution in [1.82, 2.24) is 14.9 Å². The molecular formula is C16H22ClN3. The zero-order valence-electron chi connectivity index (χ0n) is 12.4. The van der Waals surface area contributed by atoms with Crippen molar-refractivity contribution in [2.24, 2.45) is 7.05 Å². The normalized spacial score (nSPS) is 12.6. The molecule has 0 amide bonds. The van der Waals surface area contributed by atoms with Crippen LogP contribution in [0.3, 0.4) is 0 Å². The Kier molecular flexibility index (Phi) is 5.21. The number of hydrogen-bond acceptors (Lipinski definition) is 2. The minimum Gasteiger partial charge on any atom is -0.336 e. The first-order chi connectivity index (χ1) is 9.61. The molecule has 4 heteroatoms. The van der Waals surface area contributed by atoms with Gasteiger partial charge in [-0.25, -0.2) is 4.98 Å². The SMILES string of the molecule is CCCNC(Cc1ccc(C)cc1Cl)c1cncn1C. The summed E-state index contributed by atoms with van der Waals surface area (Å²) in [5, 5.41) is 4.43. The third-order valence-corrected chi connectivity index (χ3v) is 3.84. The van der Waals surface area contributed by atoms with Crippen molar-refractivity contribution < 1.29 is 0 Å². The lowest BCUT2D eigenvalue weighted by molar-refractivity contribution is 0.504. The zero-order valence-corrected chi connectivity index (χ0v) is 13.1. The van der Waals surface area contributed by atoms with Gasteiger partial charge < -0.3 is 9.88 Å². The molecule has 0 spiro atoms. The van der Waals surface area contributed by atoms with Gasteiger partial charge in [0.2, 0.25) is 0 Å². The van der Waals surface area contributed by atoms with E-state index in [0.29, 0.717) is 0 Å². The Hall–Kier alpha value is -1.32. The smallest absolute Gasteiger partial charge is 0.0946 e. The van der Waals surface area contributed by atoms with Crippen molar-refractivity contribution in [3.63, 3.8) is 0 Å². The van der Waals surface area contributed by atoms with Crippen LogP contribution in [0.4, 0.5) is 0 Å². The summed E-state index contributed by atoms with van der Waals surface area (Å²) >= 11 is 6.36. The summed E-state index contributed by atoms with van der Waals surface area (Å²) < 4.78 is 2.06. The summed E-state index contributed by atoms with van der Waals surface area (Å²) in [7, 11) is 2.03. The molecule has 0 aliphatic heterocycles. The van der Waals surface area contributed by atoms with Gasteiger partial charge in [-0.1, -0.05) is 30.7 Å². The highest BCUT2D eigenvalue weighted by Crippen LogP contribution is 2.24. The molecule has 1 heterocycles. The maximum Gasteiger partial charge on any atom is 0.0946 e. The first-order valence-corrected chi connectivity index (χ1v) is 7.44. The highest BCUT2D eigenvalue weighted by molar-refractivity contribution is 6.31. The fraction of sp³-hybridized carbons (Fsp3) is 0.438. The van der Waals surface area contributed by atoms with Crippen molar-refractivity contribution >= 4 is 11.6 Å². The average molecular weight is 292 g/mol. The summed E-state index contributed by atoms with van der Waals surface area (Å²) in [6.45, 7) is 5.22. The molecule has 0 aliphatic rings. The third-order valence-electron chi connectivity index (χ3n) is 3.48. The molecule has 108 valence electrons. The summed E-state index contributed by atoms with van der Waals surface area (Å²) in [6.07, 6.45) is 5.75. The van der Waals surface area contributed by atoms with Gasteiger partial charge in [0.05, 0.1) is 18.1 Å². The average Bonchev–Trinajstić information content (AvgIpc) is 2.83. The second-order valence-electron chi connectivity index (χ2n) is 5.24. The van der Waals surface area contributed by atoms with E-state index in [1.807, 2.05) is 25.6 Å². The van der Waals surface area contributed by atoms with E-state index in [4.69, 9.17) is 11.6 Å². The molecule has 1 aromatic heterocycles. The number of halogens is 1. The molecule has 0 saturated carbocycles. The summed E-state index contributed by atoms with van der Waals surface area (Å²) in [6, 6.07) is 6.50. The molecule has 0 bridgehead atoms. The summed E-state index contributed by atoms with van der Waals surface area (Å²) in [5.74, 6) is 0. The summed E-state index contributed by atoms with van der Waals surface area (Å²) in [5.41, 5.74) is 3.56. The van der Waals surface area contributed by atoms with Gasteiger partial charge in [0.25, 0.3) is 0 Å². The summed E-state index contributed by atoms with van der Waals surface area (Å²) in [4.78, 5) is 4.22. The maximum absolute atomic E-state index is 6.36. The van der Waals surface area contributed by atoms with Gasteiger partial charge in [0.15, 0.2) is 0 Å². The molecule has 1 atom stereocenters. The fourth-order valence-electron chi connectivity index (χ4n) is 2.34. The number of nitrogens with zero attached hydrogens (tertiary/aromatic N) is 2. The molecular weight excluding hydrogens is 270 g/mol. The van der Waals surface area contributed by atoms with Crippen molar-refractivity contribution in [2.45, 2.75) is 32.7 Å². The Labute approximate surface area is 126 Å². The highest BCUT2D eigenvalue weighted by atomic mass is 35.5. The van der Waals surface area contributed by atoms with Crippen LogP contribution in [0.5, 0.6) is 0 Å². The minimum atomic E-state index is 0.239. The van der Waals surface area contributed by atoms with Gasteiger partial charge >= 0.3 is 0 Å². The molecule has 0 aliphatic carbocycles. The molecule has 2 aromatic rings. The molecule has 0 radical (unpaired) electrons. The first kappa shape index (κ1) is 15.1. The molecule has 2 rings (SSSR count). The number of imidazole rings is 1. The third kappa shape index (κ3) is 3.62. The van der Waals surface area contributed by atoms with Crippen molar-refractivity contribution in [1.29, 1.82) is 0 Å². The monoisotopic (exact) mass is 291 g/mol. The topological polar surface area (TPSA) is 29.9 Å². The lowest BCUT2D eigenvalue weighted by Gasteiger charge is -2.20. The van der Waals surface area contributed by atoms with E-state index in [1.54, 1.807) is 0 Å². The number of hydrogen-bond donors (Lipinski definition) is 1. The Morgan fingerprint density at radius 3 is 2.80 bits per heavy atom. The van der Waals surface area contributed by atoms with Crippen LogP contribution < -0.4 is 5.32 Å². The van der Waals surface area contributed by atoms with Crippen LogP contribution in [0.2, 0.25) is 5.02 Å². The Morgan fingerprint density at radius 2 is 2.20 bits per heavy atom. The molecule has 0 fully saturated rings. The van der Waals surface area contributed by atoms with Crippen LogP contribution in [-0.4, -0.2) is 16.1 Å². The Morgan fingerprint density at radius 1 is 1.40 bits per heavy atom. The lowest BCUT2D eigenvalue weighted by atomic mass is 10.0. The molecule has 0 saturated heterocycles. The first-order valence-electron chi connectivity index (χ1n) is 7.06. The Bertz CT molecular complexity index is 563. The standard InChI is InChI=1S/C16H22ClN3/c1-4-7-19-15(16-10-18-11-20(16)3)9-13-6-5-12(2)8-14(13)17/h5-6,8,10-11,15,19H,4,7,9H2,1-3H3. The van der Waals surface area contributed by atoms with Crippen molar-refractivity contribution in [3.8, 4) is 0 Å². The molecule has 1 aromatic carbocycles. The molecule has 20 heavy (non-hydrogen) atoms. The molecule has 3 nitrogen and oxygen atoms in total. The number of benzene rings is 1. The maximum atomic E-state index is 6.36. The molecule has 1 unspecified atom stereocenters. The van der Waals surface area contributed by atoms with E-state index in [9.17, 15) is 0 Å². The van der Waals surface area contributed by atoms with Crippen LogP contribution in [0.1, 0.15) is 36.2 Å². The van der Waals surface area contributed by atoms with Crippen LogP contribution in [0, 0.1) is 6.92 Å². The van der Waals surface area contributed by atoms with Gasteiger partial charge in [-0.15, -0.1) is 0 Å². The van der Waals surface area contributed by atoms with Gasteiger partial charge in [-0.2, -0.15) is 0 Å². The van der Waals surface area contributed by atoms with Crippen LogP contribution in [-0.2, 0) is 13.5 Å². The second kappa shape index (κ2) is 6.91.